The molecule has 92 valence electrons. The predicted octanol–water partition coefficient (Wildman–Crippen LogP) is 2.83. The average molecular weight is 296 g/mol. The van der Waals surface area contributed by atoms with Crippen LogP contribution in [0, 0.1) is 17.2 Å². The van der Waals surface area contributed by atoms with Gasteiger partial charge in [0, 0.05) is 28.8 Å². The van der Waals surface area contributed by atoms with Crippen molar-refractivity contribution in [2.75, 3.05) is 18.0 Å². The van der Waals surface area contributed by atoms with E-state index < -0.39 is 0 Å². The third-order valence-electron chi connectivity index (χ3n) is 3.60. The number of rotatable bonds is 2. The summed E-state index contributed by atoms with van der Waals surface area (Å²) in [6, 6.07) is 6.02. The molecule has 0 saturated carbocycles. The monoisotopic (exact) mass is 295 g/mol. The topological polar surface area (TPSA) is 53.1 Å². The number of amidine groups is 1. The first-order valence-electron chi connectivity index (χ1n) is 5.88. The Morgan fingerprint density at radius 1 is 1.35 bits per heavy atom. The number of nitrogen functional groups attached to an aromatic ring is 1. The second kappa shape index (κ2) is 4.69. The van der Waals surface area contributed by atoms with Crippen LogP contribution in [0.1, 0.15) is 19.4 Å². The average Bonchev–Trinajstić information content (AvgIpc) is 2.58. The van der Waals surface area contributed by atoms with Gasteiger partial charge < -0.3 is 10.6 Å². The quantitative estimate of drug-likeness (QED) is 0.651. The highest BCUT2D eigenvalue weighted by atomic mass is 79.9. The minimum Gasteiger partial charge on any atom is -0.384 e. The normalized spacial score (nSPS) is 24.1. The summed E-state index contributed by atoms with van der Waals surface area (Å²) in [4.78, 5) is 2.39. The molecule has 3 N–H and O–H groups in total. The fourth-order valence-corrected chi connectivity index (χ4v) is 2.84. The molecule has 1 aromatic rings. The van der Waals surface area contributed by atoms with E-state index in [2.05, 4.69) is 40.7 Å². The Labute approximate surface area is 111 Å². The lowest BCUT2D eigenvalue weighted by Crippen LogP contribution is -2.20. The number of halogens is 1. The molecule has 17 heavy (non-hydrogen) atoms. The maximum absolute atomic E-state index is 7.45. The first-order chi connectivity index (χ1) is 7.99. The molecule has 2 rings (SSSR count). The number of hydrogen-bond donors (Lipinski definition) is 2. The van der Waals surface area contributed by atoms with Gasteiger partial charge in [-0.05, 0) is 46.0 Å². The zero-order valence-electron chi connectivity index (χ0n) is 10.2. The van der Waals surface area contributed by atoms with Crippen molar-refractivity contribution in [2.24, 2.45) is 17.6 Å². The van der Waals surface area contributed by atoms with Crippen molar-refractivity contribution >= 4 is 27.5 Å². The molecule has 1 aliphatic heterocycles. The fraction of sp³-hybridized carbons (Fsp3) is 0.462. The molecule has 1 heterocycles. The molecule has 0 bridgehead atoms. The number of anilines is 1. The van der Waals surface area contributed by atoms with Crippen LogP contribution >= 0.6 is 15.9 Å². The van der Waals surface area contributed by atoms with E-state index in [0.717, 1.165) is 35.0 Å². The molecular formula is C13H18BrN3. The lowest BCUT2D eigenvalue weighted by Gasteiger charge is -2.19. The lowest BCUT2D eigenvalue weighted by molar-refractivity contribution is 0.494. The van der Waals surface area contributed by atoms with Gasteiger partial charge in [-0.1, -0.05) is 13.8 Å². The highest BCUT2D eigenvalue weighted by Crippen LogP contribution is 2.30. The Bertz CT molecular complexity index is 434. The largest absolute Gasteiger partial charge is 0.384 e. The zero-order valence-corrected chi connectivity index (χ0v) is 11.8. The van der Waals surface area contributed by atoms with Gasteiger partial charge in [-0.3, -0.25) is 5.41 Å². The highest BCUT2D eigenvalue weighted by Gasteiger charge is 2.26. The minimum absolute atomic E-state index is 0.103. The van der Waals surface area contributed by atoms with E-state index in [4.69, 9.17) is 11.1 Å². The predicted molar refractivity (Wildman–Crippen MR) is 75.7 cm³/mol. The Hall–Kier alpha value is -1.03. The molecule has 0 aliphatic carbocycles. The highest BCUT2D eigenvalue weighted by molar-refractivity contribution is 9.10. The van der Waals surface area contributed by atoms with E-state index in [-0.39, 0.29) is 5.84 Å². The summed E-state index contributed by atoms with van der Waals surface area (Å²) >= 11 is 3.48. The molecule has 1 aliphatic rings. The van der Waals surface area contributed by atoms with Crippen LogP contribution in [0.5, 0.6) is 0 Å². The van der Waals surface area contributed by atoms with Gasteiger partial charge in [-0.25, -0.2) is 0 Å². The molecule has 0 aromatic heterocycles. The van der Waals surface area contributed by atoms with Crippen molar-refractivity contribution in [3.8, 4) is 0 Å². The van der Waals surface area contributed by atoms with Gasteiger partial charge in [-0.2, -0.15) is 0 Å². The number of nitrogens with zero attached hydrogens (tertiary/aromatic N) is 1. The van der Waals surface area contributed by atoms with E-state index in [1.54, 1.807) is 0 Å². The van der Waals surface area contributed by atoms with E-state index in [9.17, 15) is 0 Å². The van der Waals surface area contributed by atoms with Crippen molar-refractivity contribution in [1.29, 1.82) is 5.41 Å². The van der Waals surface area contributed by atoms with E-state index in [0.29, 0.717) is 0 Å². The fourth-order valence-electron chi connectivity index (χ4n) is 2.26. The molecule has 0 amide bonds. The van der Waals surface area contributed by atoms with Crippen molar-refractivity contribution in [3.05, 3.63) is 28.2 Å². The van der Waals surface area contributed by atoms with Crippen LogP contribution in [0.2, 0.25) is 0 Å². The van der Waals surface area contributed by atoms with E-state index in [1.807, 2.05) is 12.1 Å². The minimum atomic E-state index is 0.103. The van der Waals surface area contributed by atoms with Crippen LogP contribution in [0.3, 0.4) is 0 Å². The Kier molecular flexibility index (Phi) is 3.43. The van der Waals surface area contributed by atoms with E-state index in [1.165, 1.54) is 5.69 Å². The summed E-state index contributed by atoms with van der Waals surface area (Å²) in [6.07, 6.45) is 0. The van der Waals surface area contributed by atoms with Crippen LogP contribution in [-0.4, -0.2) is 18.9 Å². The molecule has 0 radical (unpaired) electrons. The molecule has 4 heteroatoms. The summed E-state index contributed by atoms with van der Waals surface area (Å²) in [7, 11) is 0. The van der Waals surface area contributed by atoms with Gasteiger partial charge in [-0.15, -0.1) is 0 Å². The SMILES string of the molecule is CC1CN(c2ccc(C(=N)N)c(Br)c2)CC1C. The smallest absolute Gasteiger partial charge is 0.123 e. The number of nitrogens with one attached hydrogen (secondary N) is 1. The summed E-state index contributed by atoms with van der Waals surface area (Å²) in [5, 5.41) is 7.45. The molecule has 2 atom stereocenters. The Balaban J connectivity index is 2.24. The van der Waals surface area contributed by atoms with Crippen molar-refractivity contribution in [2.45, 2.75) is 13.8 Å². The molecule has 1 fully saturated rings. The maximum Gasteiger partial charge on any atom is 0.123 e. The maximum atomic E-state index is 7.45. The molecule has 2 unspecified atom stereocenters. The van der Waals surface area contributed by atoms with Crippen LogP contribution in [0.4, 0.5) is 5.69 Å². The van der Waals surface area contributed by atoms with Gasteiger partial charge in [0.1, 0.15) is 5.84 Å². The van der Waals surface area contributed by atoms with Gasteiger partial charge in [0.15, 0.2) is 0 Å². The summed E-state index contributed by atoms with van der Waals surface area (Å²) < 4.78 is 0.898. The van der Waals surface area contributed by atoms with Crippen molar-refractivity contribution in [1.82, 2.24) is 0 Å². The Morgan fingerprint density at radius 3 is 2.41 bits per heavy atom. The lowest BCUT2D eigenvalue weighted by atomic mass is 10.0. The van der Waals surface area contributed by atoms with Crippen molar-refractivity contribution < 1.29 is 0 Å². The van der Waals surface area contributed by atoms with Crippen molar-refractivity contribution in [3.63, 3.8) is 0 Å². The summed E-state index contributed by atoms with van der Waals surface area (Å²) in [5.74, 6) is 1.58. The molecule has 0 spiro atoms. The molecule has 1 saturated heterocycles. The van der Waals surface area contributed by atoms with Crippen LogP contribution in [-0.2, 0) is 0 Å². The molecule has 3 nitrogen and oxygen atoms in total. The standard InChI is InChI=1S/C13H18BrN3/c1-8-6-17(7-9(8)2)10-3-4-11(13(15)16)12(14)5-10/h3-5,8-9H,6-7H2,1-2H3,(H3,15,16). The third kappa shape index (κ3) is 2.46. The second-order valence-corrected chi connectivity index (χ2v) is 5.79. The van der Waals surface area contributed by atoms with Gasteiger partial charge in [0.25, 0.3) is 0 Å². The van der Waals surface area contributed by atoms with Crippen LogP contribution in [0.25, 0.3) is 0 Å². The Morgan fingerprint density at radius 2 is 1.94 bits per heavy atom. The summed E-state index contributed by atoms with van der Waals surface area (Å²) in [6.45, 7) is 6.80. The molecular weight excluding hydrogens is 278 g/mol. The zero-order chi connectivity index (χ0) is 12.6. The van der Waals surface area contributed by atoms with Crippen LogP contribution in [0.15, 0.2) is 22.7 Å². The van der Waals surface area contributed by atoms with E-state index >= 15 is 0 Å². The first kappa shape index (κ1) is 12.4. The first-order valence-corrected chi connectivity index (χ1v) is 6.67. The summed E-state index contributed by atoms with van der Waals surface area (Å²) in [5.41, 5.74) is 7.47. The third-order valence-corrected chi connectivity index (χ3v) is 4.25. The number of nitrogens with two attached hydrogens (primary N) is 1. The number of hydrogen-bond acceptors (Lipinski definition) is 2. The second-order valence-electron chi connectivity index (χ2n) is 4.94. The van der Waals surface area contributed by atoms with Crippen LogP contribution < -0.4 is 10.6 Å². The van der Waals surface area contributed by atoms with Gasteiger partial charge >= 0.3 is 0 Å². The van der Waals surface area contributed by atoms with Gasteiger partial charge in [0.05, 0.1) is 0 Å². The van der Waals surface area contributed by atoms with Gasteiger partial charge in [0.2, 0.25) is 0 Å². The number of benzene rings is 1. The molecule has 1 aromatic carbocycles.